The molecule has 0 saturated heterocycles. The van der Waals surface area contributed by atoms with E-state index >= 15 is 0 Å². The molecule has 0 unspecified atom stereocenters. The van der Waals surface area contributed by atoms with Crippen molar-refractivity contribution < 1.29 is 4.79 Å². The first-order chi connectivity index (χ1) is 10.3. The van der Waals surface area contributed by atoms with Gasteiger partial charge < -0.3 is 5.32 Å². The second-order valence-corrected chi connectivity index (χ2v) is 5.68. The first-order valence-corrected chi connectivity index (χ1v) is 7.12. The molecule has 6 nitrogen and oxygen atoms in total. The average molecular weight is 281 g/mol. The van der Waals surface area contributed by atoms with Crippen molar-refractivity contribution in [1.82, 2.24) is 20.2 Å². The lowest BCUT2D eigenvalue weighted by Crippen LogP contribution is -2.25. The zero-order chi connectivity index (χ0) is 14.2. The quantitative estimate of drug-likeness (QED) is 0.871. The molecule has 6 heteroatoms. The summed E-state index contributed by atoms with van der Waals surface area (Å²) in [4.78, 5) is 12.4. The number of nitrogens with one attached hydrogen (secondary N) is 1. The number of fused-ring (bicyclic) bond motifs is 2. The number of allylic oxidation sites excluding steroid dienone is 2. The van der Waals surface area contributed by atoms with Gasteiger partial charge in [0.15, 0.2) is 0 Å². The van der Waals surface area contributed by atoms with E-state index in [0.717, 1.165) is 24.2 Å². The highest BCUT2D eigenvalue weighted by Gasteiger charge is 2.39. The maximum atomic E-state index is 12.4. The van der Waals surface area contributed by atoms with Crippen LogP contribution < -0.4 is 5.32 Å². The van der Waals surface area contributed by atoms with Gasteiger partial charge in [-0.05, 0) is 53.3 Å². The van der Waals surface area contributed by atoms with E-state index in [4.69, 9.17) is 0 Å². The van der Waals surface area contributed by atoms with Gasteiger partial charge in [-0.1, -0.05) is 18.2 Å². The van der Waals surface area contributed by atoms with Crippen molar-refractivity contribution in [2.24, 2.45) is 17.8 Å². The van der Waals surface area contributed by atoms with Crippen molar-refractivity contribution in [1.29, 1.82) is 0 Å². The third kappa shape index (κ3) is 2.22. The Hall–Kier alpha value is -2.50. The third-order valence-electron chi connectivity index (χ3n) is 4.34. The molecule has 1 fully saturated rings. The molecule has 1 heterocycles. The molecular formula is C15H15N5O. The van der Waals surface area contributed by atoms with Crippen LogP contribution in [0.15, 0.2) is 42.7 Å². The van der Waals surface area contributed by atoms with Gasteiger partial charge in [0.25, 0.3) is 0 Å². The van der Waals surface area contributed by atoms with Gasteiger partial charge in [-0.3, -0.25) is 4.79 Å². The molecular weight excluding hydrogens is 266 g/mol. The van der Waals surface area contributed by atoms with Gasteiger partial charge in [-0.2, -0.15) is 0 Å². The van der Waals surface area contributed by atoms with Gasteiger partial charge in [0.2, 0.25) is 5.91 Å². The number of amides is 1. The zero-order valence-electron chi connectivity index (χ0n) is 11.4. The van der Waals surface area contributed by atoms with E-state index in [2.05, 4.69) is 33.0 Å². The number of hydrogen-bond donors (Lipinski definition) is 1. The van der Waals surface area contributed by atoms with Crippen LogP contribution in [-0.4, -0.2) is 26.1 Å². The van der Waals surface area contributed by atoms with Gasteiger partial charge in [0.05, 0.1) is 5.69 Å². The van der Waals surface area contributed by atoms with Gasteiger partial charge in [-0.15, -0.1) is 5.10 Å². The fourth-order valence-electron chi connectivity index (χ4n) is 3.32. The molecule has 0 aliphatic heterocycles. The Balaban J connectivity index is 1.51. The summed E-state index contributed by atoms with van der Waals surface area (Å²) >= 11 is 0. The smallest absolute Gasteiger partial charge is 0.228 e. The van der Waals surface area contributed by atoms with Crippen LogP contribution in [0.2, 0.25) is 0 Å². The molecule has 2 aliphatic carbocycles. The first-order valence-electron chi connectivity index (χ1n) is 7.12. The van der Waals surface area contributed by atoms with E-state index < -0.39 is 0 Å². The Kier molecular flexibility index (Phi) is 2.80. The summed E-state index contributed by atoms with van der Waals surface area (Å²) in [5, 5.41) is 14.1. The molecule has 1 amide bonds. The van der Waals surface area contributed by atoms with Crippen LogP contribution in [0.4, 0.5) is 5.69 Å². The Labute approximate surface area is 121 Å². The molecule has 1 aromatic carbocycles. The van der Waals surface area contributed by atoms with E-state index in [1.165, 1.54) is 6.33 Å². The minimum Gasteiger partial charge on any atom is -0.326 e. The summed E-state index contributed by atoms with van der Waals surface area (Å²) in [6.45, 7) is 0. The predicted molar refractivity (Wildman–Crippen MR) is 76.6 cm³/mol. The van der Waals surface area contributed by atoms with E-state index in [0.29, 0.717) is 11.8 Å². The number of tetrazole rings is 1. The monoisotopic (exact) mass is 281 g/mol. The number of nitrogens with zero attached hydrogens (tertiary/aromatic N) is 4. The molecule has 0 radical (unpaired) electrons. The Morgan fingerprint density at radius 2 is 2.24 bits per heavy atom. The maximum Gasteiger partial charge on any atom is 0.228 e. The predicted octanol–water partition coefficient (Wildman–Crippen LogP) is 1.81. The number of anilines is 1. The lowest BCUT2D eigenvalue weighted by atomic mass is 9.93. The van der Waals surface area contributed by atoms with Gasteiger partial charge in [-0.25, -0.2) is 4.68 Å². The zero-order valence-corrected chi connectivity index (χ0v) is 11.4. The van der Waals surface area contributed by atoms with Gasteiger partial charge in [0.1, 0.15) is 6.33 Å². The van der Waals surface area contributed by atoms with Gasteiger partial charge >= 0.3 is 0 Å². The van der Waals surface area contributed by atoms with Crippen molar-refractivity contribution in [3.63, 3.8) is 0 Å². The van der Waals surface area contributed by atoms with Crippen molar-refractivity contribution in [2.75, 3.05) is 5.32 Å². The normalized spacial score (nSPS) is 26.2. The minimum absolute atomic E-state index is 0.108. The second kappa shape index (κ2) is 4.80. The van der Waals surface area contributed by atoms with Crippen LogP contribution in [-0.2, 0) is 4.79 Å². The lowest BCUT2D eigenvalue weighted by molar-refractivity contribution is -0.120. The second-order valence-electron chi connectivity index (χ2n) is 5.68. The summed E-state index contributed by atoms with van der Waals surface area (Å²) in [6.07, 6.45) is 8.06. The molecule has 1 aromatic heterocycles. The molecule has 3 atom stereocenters. The van der Waals surface area contributed by atoms with Crippen LogP contribution in [0.25, 0.3) is 5.69 Å². The van der Waals surface area contributed by atoms with E-state index in [1.54, 1.807) is 4.68 Å². The standard InChI is InChI=1S/C15H15N5O/c21-15(14-7-10-4-5-11(14)6-10)17-12-2-1-3-13(8-12)20-9-16-18-19-20/h1-5,8-11,14H,6-7H2,(H,17,21)/t10-,11-,14+/m0/s1. The molecule has 2 aliphatic rings. The number of carbonyl (C=O) groups excluding carboxylic acids is 1. The van der Waals surface area contributed by atoms with Crippen LogP contribution in [0.1, 0.15) is 12.8 Å². The van der Waals surface area contributed by atoms with E-state index in [-0.39, 0.29) is 11.8 Å². The molecule has 2 bridgehead atoms. The largest absolute Gasteiger partial charge is 0.326 e. The third-order valence-corrected chi connectivity index (χ3v) is 4.34. The van der Waals surface area contributed by atoms with Crippen molar-refractivity contribution in [3.05, 3.63) is 42.7 Å². The van der Waals surface area contributed by atoms with E-state index in [1.807, 2.05) is 24.3 Å². The highest BCUT2D eigenvalue weighted by molar-refractivity contribution is 5.93. The van der Waals surface area contributed by atoms with Crippen molar-refractivity contribution >= 4 is 11.6 Å². The summed E-state index contributed by atoms with van der Waals surface area (Å²) in [5.41, 5.74) is 1.60. The van der Waals surface area contributed by atoms with Gasteiger partial charge in [0, 0.05) is 11.6 Å². The molecule has 4 rings (SSSR count). The Morgan fingerprint density at radius 1 is 1.29 bits per heavy atom. The highest BCUT2D eigenvalue weighted by Crippen LogP contribution is 2.43. The summed E-state index contributed by atoms with van der Waals surface area (Å²) in [5.74, 6) is 1.23. The molecule has 21 heavy (non-hydrogen) atoms. The summed E-state index contributed by atoms with van der Waals surface area (Å²) in [7, 11) is 0. The average Bonchev–Trinajstić information content (AvgIpc) is 3.24. The van der Waals surface area contributed by atoms with Crippen molar-refractivity contribution in [2.45, 2.75) is 12.8 Å². The lowest BCUT2D eigenvalue weighted by Gasteiger charge is -2.17. The van der Waals surface area contributed by atoms with Crippen LogP contribution in [0, 0.1) is 17.8 Å². The number of benzene rings is 1. The van der Waals surface area contributed by atoms with E-state index in [9.17, 15) is 4.79 Å². The number of aromatic nitrogens is 4. The molecule has 0 spiro atoms. The molecule has 1 saturated carbocycles. The number of hydrogen-bond acceptors (Lipinski definition) is 4. The summed E-state index contributed by atoms with van der Waals surface area (Å²) < 4.78 is 1.57. The number of rotatable bonds is 3. The number of carbonyl (C=O) groups is 1. The Morgan fingerprint density at radius 3 is 2.95 bits per heavy atom. The SMILES string of the molecule is O=C(Nc1cccc(-n2cnnn2)c1)[C@@H]1C[C@H]2C=C[C@H]1C2. The fraction of sp³-hybridized carbons (Fsp3) is 0.333. The highest BCUT2D eigenvalue weighted by atomic mass is 16.1. The molecule has 106 valence electrons. The van der Waals surface area contributed by atoms with Crippen LogP contribution >= 0.6 is 0 Å². The Bertz CT molecular complexity index is 694. The molecule has 1 N–H and O–H groups in total. The van der Waals surface area contributed by atoms with Crippen molar-refractivity contribution in [3.8, 4) is 5.69 Å². The first kappa shape index (κ1) is 12.3. The minimum atomic E-state index is 0.108. The van der Waals surface area contributed by atoms with Crippen LogP contribution in [0.3, 0.4) is 0 Å². The summed E-state index contributed by atoms with van der Waals surface area (Å²) in [6, 6.07) is 7.53. The van der Waals surface area contributed by atoms with Crippen LogP contribution in [0.5, 0.6) is 0 Å². The molecule has 2 aromatic rings. The maximum absolute atomic E-state index is 12.4. The topological polar surface area (TPSA) is 72.7 Å². The fourth-order valence-corrected chi connectivity index (χ4v) is 3.32.